The Bertz CT molecular complexity index is 444. The molecule has 98 valence electrons. The van der Waals surface area contributed by atoms with Crippen LogP contribution in [0, 0.1) is 5.41 Å². The summed E-state index contributed by atoms with van der Waals surface area (Å²) in [7, 11) is 1.77. The highest BCUT2D eigenvalue weighted by Gasteiger charge is 2.48. The molecule has 0 bridgehead atoms. The molecule has 2 unspecified atom stereocenters. The minimum Gasteiger partial charge on any atom is -0.388 e. The molecule has 5 heteroatoms. The Morgan fingerprint density at radius 2 is 2.28 bits per heavy atom. The second-order valence-corrected chi connectivity index (χ2v) is 5.71. The number of nitrogens with one attached hydrogen (secondary N) is 1. The van der Waals surface area contributed by atoms with Gasteiger partial charge in [-0.25, -0.2) is 0 Å². The molecule has 0 spiro atoms. The van der Waals surface area contributed by atoms with E-state index in [9.17, 15) is 0 Å². The van der Waals surface area contributed by atoms with Gasteiger partial charge in [-0.05, 0) is 18.6 Å². The van der Waals surface area contributed by atoms with Crippen molar-refractivity contribution in [3.05, 3.63) is 24.0 Å². The van der Waals surface area contributed by atoms with E-state index in [2.05, 4.69) is 24.1 Å². The van der Waals surface area contributed by atoms with Crippen molar-refractivity contribution in [1.29, 1.82) is 0 Å². The summed E-state index contributed by atoms with van der Waals surface area (Å²) in [5, 5.41) is 3.47. The number of pyridine rings is 1. The monoisotopic (exact) mass is 265 g/mol. The molecular formula is C13H19N3OS. The number of methoxy groups -OCH3 is 1. The largest absolute Gasteiger partial charge is 0.388 e. The second kappa shape index (κ2) is 4.82. The van der Waals surface area contributed by atoms with Crippen molar-refractivity contribution in [1.82, 2.24) is 4.98 Å². The number of hydrogen-bond donors (Lipinski definition) is 2. The van der Waals surface area contributed by atoms with E-state index >= 15 is 0 Å². The van der Waals surface area contributed by atoms with Gasteiger partial charge in [0.05, 0.1) is 23.7 Å². The Hall–Kier alpha value is -1.20. The van der Waals surface area contributed by atoms with Crippen LogP contribution in [-0.4, -0.2) is 29.2 Å². The summed E-state index contributed by atoms with van der Waals surface area (Å²) in [5.41, 5.74) is 7.29. The summed E-state index contributed by atoms with van der Waals surface area (Å²) in [4.78, 5) is 4.54. The number of rotatable bonds is 4. The highest BCUT2D eigenvalue weighted by Crippen LogP contribution is 2.43. The molecule has 1 aliphatic rings. The zero-order valence-corrected chi connectivity index (χ0v) is 11.8. The van der Waals surface area contributed by atoms with Crippen molar-refractivity contribution >= 4 is 22.9 Å². The Morgan fingerprint density at radius 3 is 2.72 bits per heavy atom. The van der Waals surface area contributed by atoms with Crippen molar-refractivity contribution in [2.24, 2.45) is 11.1 Å². The van der Waals surface area contributed by atoms with Gasteiger partial charge < -0.3 is 15.8 Å². The topological polar surface area (TPSA) is 60.2 Å². The quantitative estimate of drug-likeness (QED) is 0.815. The first-order valence-electron chi connectivity index (χ1n) is 6.00. The van der Waals surface area contributed by atoms with Crippen LogP contribution in [-0.2, 0) is 4.74 Å². The average Bonchev–Trinajstić information content (AvgIpc) is 2.34. The fourth-order valence-electron chi connectivity index (χ4n) is 2.36. The van der Waals surface area contributed by atoms with Crippen molar-refractivity contribution in [3.63, 3.8) is 0 Å². The maximum Gasteiger partial charge on any atom is 0.122 e. The van der Waals surface area contributed by atoms with Crippen LogP contribution in [0.4, 0.5) is 5.69 Å². The molecule has 4 nitrogen and oxygen atoms in total. The maximum absolute atomic E-state index is 5.51. The second-order valence-electron chi connectivity index (χ2n) is 5.27. The lowest BCUT2D eigenvalue weighted by Crippen LogP contribution is -2.57. The average molecular weight is 265 g/mol. The van der Waals surface area contributed by atoms with Crippen molar-refractivity contribution in [3.8, 4) is 0 Å². The van der Waals surface area contributed by atoms with Gasteiger partial charge in [-0.1, -0.05) is 26.1 Å². The van der Waals surface area contributed by atoms with E-state index < -0.39 is 0 Å². The third-order valence-electron chi connectivity index (χ3n) is 3.82. The van der Waals surface area contributed by atoms with Crippen LogP contribution >= 0.6 is 12.2 Å². The van der Waals surface area contributed by atoms with Gasteiger partial charge in [0.15, 0.2) is 0 Å². The van der Waals surface area contributed by atoms with E-state index in [1.54, 1.807) is 13.3 Å². The standard InChI is InChI=1S/C13H19N3OS/c1-13(2)10(6-11(13)17-3)16-8-4-5-9(12(14)18)15-7-8/h4-5,7,10-11,16H,6H2,1-3H3,(H2,14,18). The summed E-state index contributed by atoms with van der Waals surface area (Å²) >= 11 is 4.87. The van der Waals surface area contributed by atoms with Gasteiger partial charge in [0.1, 0.15) is 4.99 Å². The summed E-state index contributed by atoms with van der Waals surface area (Å²) in [5.74, 6) is 0. The number of hydrogen-bond acceptors (Lipinski definition) is 4. The fourth-order valence-corrected chi connectivity index (χ4v) is 2.48. The first-order valence-corrected chi connectivity index (χ1v) is 6.41. The molecule has 0 aliphatic heterocycles. The minimum absolute atomic E-state index is 0.136. The molecule has 1 saturated carbocycles. The summed E-state index contributed by atoms with van der Waals surface area (Å²) in [6.07, 6.45) is 3.10. The normalized spacial score (nSPS) is 25.3. The van der Waals surface area contributed by atoms with Gasteiger partial charge in [0, 0.05) is 18.6 Å². The number of nitrogens with two attached hydrogens (primary N) is 1. The summed E-state index contributed by atoms with van der Waals surface area (Å²) < 4.78 is 5.43. The molecule has 1 fully saturated rings. The molecule has 1 aromatic rings. The van der Waals surface area contributed by atoms with Crippen molar-refractivity contribution in [2.45, 2.75) is 32.4 Å². The Balaban J connectivity index is 2.01. The SMILES string of the molecule is COC1CC(Nc2ccc(C(N)=S)nc2)C1(C)C. The van der Waals surface area contributed by atoms with E-state index in [-0.39, 0.29) is 5.41 Å². The number of aromatic nitrogens is 1. The molecular weight excluding hydrogens is 246 g/mol. The minimum atomic E-state index is 0.136. The van der Waals surface area contributed by atoms with Gasteiger partial charge in [-0.3, -0.25) is 4.98 Å². The van der Waals surface area contributed by atoms with Crippen LogP contribution in [0.1, 0.15) is 26.0 Å². The highest BCUT2D eigenvalue weighted by molar-refractivity contribution is 7.80. The van der Waals surface area contributed by atoms with E-state index in [0.717, 1.165) is 12.1 Å². The van der Waals surface area contributed by atoms with E-state index in [1.165, 1.54) is 0 Å². The molecule has 1 aromatic heterocycles. The smallest absolute Gasteiger partial charge is 0.122 e. The number of thiocarbonyl (C=S) groups is 1. The molecule has 18 heavy (non-hydrogen) atoms. The lowest BCUT2D eigenvalue weighted by molar-refractivity contribution is -0.0794. The lowest BCUT2D eigenvalue weighted by atomic mass is 9.64. The number of nitrogens with zero attached hydrogens (tertiary/aromatic N) is 1. The van der Waals surface area contributed by atoms with E-state index in [1.807, 2.05) is 12.1 Å². The predicted molar refractivity (Wildman–Crippen MR) is 76.7 cm³/mol. The maximum atomic E-state index is 5.51. The summed E-state index contributed by atoms with van der Waals surface area (Å²) in [6, 6.07) is 4.20. The Kier molecular flexibility index (Phi) is 3.54. The van der Waals surface area contributed by atoms with Crippen LogP contribution in [0.25, 0.3) is 0 Å². The molecule has 0 radical (unpaired) electrons. The van der Waals surface area contributed by atoms with Crippen molar-refractivity contribution < 1.29 is 4.74 Å². The molecule has 2 rings (SSSR count). The molecule has 1 heterocycles. The van der Waals surface area contributed by atoms with Crippen LogP contribution < -0.4 is 11.1 Å². The van der Waals surface area contributed by atoms with Gasteiger partial charge in [-0.2, -0.15) is 0 Å². The Morgan fingerprint density at radius 1 is 1.56 bits per heavy atom. The fraction of sp³-hybridized carbons (Fsp3) is 0.538. The number of ether oxygens (including phenoxy) is 1. The Labute approximate surface area is 113 Å². The zero-order chi connectivity index (χ0) is 13.3. The highest BCUT2D eigenvalue weighted by atomic mass is 32.1. The van der Waals surface area contributed by atoms with Gasteiger partial charge in [0.25, 0.3) is 0 Å². The molecule has 0 aromatic carbocycles. The van der Waals surface area contributed by atoms with Crippen LogP contribution in [0.2, 0.25) is 0 Å². The third-order valence-corrected chi connectivity index (χ3v) is 4.03. The van der Waals surface area contributed by atoms with Gasteiger partial charge in [0.2, 0.25) is 0 Å². The van der Waals surface area contributed by atoms with Gasteiger partial charge in [-0.15, -0.1) is 0 Å². The lowest BCUT2D eigenvalue weighted by Gasteiger charge is -2.51. The first kappa shape index (κ1) is 13.2. The van der Waals surface area contributed by atoms with Crippen molar-refractivity contribution in [2.75, 3.05) is 12.4 Å². The first-order chi connectivity index (χ1) is 8.45. The predicted octanol–water partition coefficient (Wildman–Crippen LogP) is 1.94. The van der Waals surface area contributed by atoms with Gasteiger partial charge >= 0.3 is 0 Å². The van der Waals surface area contributed by atoms with Crippen LogP contribution in [0.5, 0.6) is 0 Å². The number of anilines is 1. The molecule has 0 saturated heterocycles. The molecule has 1 aliphatic carbocycles. The van der Waals surface area contributed by atoms with Crippen LogP contribution in [0.15, 0.2) is 18.3 Å². The summed E-state index contributed by atoms with van der Waals surface area (Å²) in [6.45, 7) is 4.41. The molecule has 0 amide bonds. The van der Waals surface area contributed by atoms with Crippen LogP contribution in [0.3, 0.4) is 0 Å². The third kappa shape index (κ3) is 2.33. The van der Waals surface area contributed by atoms with E-state index in [0.29, 0.717) is 22.8 Å². The van der Waals surface area contributed by atoms with E-state index in [4.69, 9.17) is 22.7 Å². The molecule has 2 atom stereocenters. The molecule has 3 N–H and O–H groups in total. The zero-order valence-electron chi connectivity index (χ0n) is 10.9.